The molecule has 0 bridgehead atoms. The molecule has 0 amide bonds. The number of benzene rings is 1. The van der Waals surface area contributed by atoms with Gasteiger partial charge in [-0.15, -0.1) is 0 Å². The number of rotatable bonds is 3. The van der Waals surface area contributed by atoms with E-state index in [2.05, 4.69) is 9.71 Å². The molecule has 0 aliphatic rings. The van der Waals surface area contributed by atoms with Crippen LogP contribution in [0.2, 0.25) is 0 Å². The zero-order chi connectivity index (χ0) is 12.5. The Balaban J connectivity index is 2.38. The van der Waals surface area contributed by atoms with Crippen LogP contribution in [0.3, 0.4) is 0 Å². The molecular formula is C11H13N3O2S. The number of pyridine rings is 1. The molecule has 0 atom stereocenters. The molecule has 2 rings (SSSR count). The molecular weight excluding hydrogens is 238 g/mol. The Morgan fingerprint density at radius 3 is 2.65 bits per heavy atom. The van der Waals surface area contributed by atoms with Crippen LogP contribution < -0.4 is 4.72 Å². The second-order valence-corrected chi connectivity index (χ2v) is 5.69. The molecule has 0 unspecified atom stereocenters. The molecule has 2 aromatic rings. The Labute approximate surface area is 100 Å². The first kappa shape index (κ1) is 11.8. The van der Waals surface area contributed by atoms with Crippen molar-refractivity contribution in [2.45, 2.75) is 0 Å². The number of anilines is 1. The van der Waals surface area contributed by atoms with E-state index in [1.54, 1.807) is 6.07 Å². The number of nitrogens with one attached hydrogen (secondary N) is 1. The van der Waals surface area contributed by atoms with Gasteiger partial charge in [-0.2, -0.15) is 12.7 Å². The molecule has 1 aromatic carbocycles. The van der Waals surface area contributed by atoms with Gasteiger partial charge in [-0.05, 0) is 12.1 Å². The highest BCUT2D eigenvalue weighted by atomic mass is 32.2. The highest BCUT2D eigenvalue weighted by molar-refractivity contribution is 7.90. The van der Waals surface area contributed by atoms with Crippen molar-refractivity contribution in [2.24, 2.45) is 0 Å². The maximum Gasteiger partial charge on any atom is 0.301 e. The average molecular weight is 251 g/mol. The van der Waals surface area contributed by atoms with Gasteiger partial charge in [-0.1, -0.05) is 18.2 Å². The van der Waals surface area contributed by atoms with Gasteiger partial charge in [-0.25, -0.2) is 0 Å². The summed E-state index contributed by atoms with van der Waals surface area (Å²) in [5.41, 5.74) is 1.29. The van der Waals surface area contributed by atoms with Gasteiger partial charge in [0.15, 0.2) is 0 Å². The first-order valence-electron chi connectivity index (χ1n) is 5.04. The van der Waals surface area contributed by atoms with E-state index in [-0.39, 0.29) is 0 Å². The van der Waals surface area contributed by atoms with Crippen LogP contribution in [-0.2, 0) is 10.2 Å². The molecule has 6 heteroatoms. The number of hydrogen-bond donors (Lipinski definition) is 1. The molecule has 17 heavy (non-hydrogen) atoms. The third-order valence-corrected chi connectivity index (χ3v) is 3.77. The minimum absolute atomic E-state index is 0.456. The Kier molecular flexibility index (Phi) is 2.99. The topological polar surface area (TPSA) is 62.3 Å². The summed E-state index contributed by atoms with van der Waals surface area (Å²) in [6.45, 7) is 0. The smallest absolute Gasteiger partial charge is 0.269 e. The summed E-state index contributed by atoms with van der Waals surface area (Å²) in [5.74, 6) is 0. The number of fused-ring (bicyclic) bond motifs is 1. The van der Waals surface area contributed by atoms with Gasteiger partial charge in [0.05, 0.1) is 17.4 Å². The average Bonchev–Trinajstić information content (AvgIpc) is 2.28. The van der Waals surface area contributed by atoms with Crippen molar-refractivity contribution in [3.8, 4) is 0 Å². The second-order valence-electron chi connectivity index (χ2n) is 3.81. The maximum atomic E-state index is 11.6. The molecule has 1 heterocycles. The first-order valence-corrected chi connectivity index (χ1v) is 6.48. The Bertz CT molecular complexity index is 638. The lowest BCUT2D eigenvalue weighted by Gasteiger charge is -2.13. The highest BCUT2D eigenvalue weighted by Crippen LogP contribution is 2.17. The second kappa shape index (κ2) is 4.31. The number of para-hydroxylation sites is 1. The van der Waals surface area contributed by atoms with E-state index in [9.17, 15) is 8.42 Å². The van der Waals surface area contributed by atoms with Crippen LogP contribution in [0.25, 0.3) is 10.9 Å². The summed E-state index contributed by atoms with van der Waals surface area (Å²) in [6.07, 6.45) is 1.50. The predicted molar refractivity (Wildman–Crippen MR) is 68.0 cm³/mol. The van der Waals surface area contributed by atoms with Crippen LogP contribution in [0, 0.1) is 0 Å². The monoisotopic (exact) mass is 251 g/mol. The van der Waals surface area contributed by atoms with Crippen molar-refractivity contribution in [1.29, 1.82) is 0 Å². The van der Waals surface area contributed by atoms with Gasteiger partial charge in [0, 0.05) is 19.5 Å². The quantitative estimate of drug-likeness (QED) is 0.898. The van der Waals surface area contributed by atoms with E-state index in [1.165, 1.54) is 20.3 Å². The van der Waals surface area contributed by atoms with Crippen molar-refractivity contribution in [1.82, 2.24) is 9.29 Å². The van der Waals surface area contributed by atoms with Crippen LogP contribution >= 0.6 is 0 Å². The highest BCUT2D eigenvalue weighted by Gasteiger charge is 2.13. The van der Waals surface area contributed by atoms with E-state index in [0.717, 1.165) is 15.2 Å². The minimum atomic E-state index is -3.48. The molecule has 1 aromatic heterocycles. The van der Waals surface area contributed by atoms with E-state index >= 15 is 0 Å². The Hall–Kier alpha value is -1.66. The van der Waals surface area contributed by atoms with Gasteiger partial charge in [-0.3, -0.25) is 9.71 Å². The molecule has 1 N–H and O–H groups in total. The van der Waals surface area contributed by atoms with E-state index in [1.807, 2.05) is 24.3 Å². The fraction of sp³-hybridized carbons (Fsp3) is 0.182. The van der Waals surface area contributed by atoms with Crippen LogP contribution in [-0.4, -0.2) is 31.8 Å². The van der Waals surface area contributed by atoms with Crippen LogP contribution in [0.1, 0.15) is 0 Å². The summed E-state index contributed by atoms with van der Waals surface area (Å²) < 4.78 is 26.8. The zero-order valence-electron chi connectivity index (χ0n) is 9.58. The summed E-state index contributed by atoms with van der Waals surface area (Å²) in [6, 6.07) is 9.28. The summed E-state index contributed by atoms with van der Waals surface area (Å²) >= 11 is 0. The number of hydrogen-bond acceptors (Lipinski definition) is 3. The molecule has 0 fully saturated rings. The molecule has 5 nitrogen and oxygen atoms in total. The molecule has 0 saturated heterocycles. The molecule has 0 aliphatic heterocycles. The van der Waals surface area contributed by atoms with Gasteiger partial charge in [0.1, 0.15) is 0 Å². The normalized spacial score (nSPS) is 11.9. The minimum Gasteiger partial charge on any atom is -0.269 e. The molecule has 0 aliphatic carbocycles. The standard InChI is InChI=1S/C11H13N3O2S/c1-14(2)17(15,16)13-10-7-9-5-3-4-6-11(9)12-8-10/h3-8,13H,1-2H3. The van der Waals surface area contributed by atoms with Gasteiger partial charge >= 0.3 is 10.2 Å². The fourth-order valence-electron chi connectivity index (χ4n) is 1.37. The largest absolute Gasteiger partial charge is 0.301 e. The fourth-order valence-corrected chi connectivity index (χ4v) is 1.96. The van der Waals surface area contributed by atoms with Crippen LogP contribution in [0.15, 0.2) is 36.5 Å². The van der Waals surface area contributed by atoms with E-state index in [0.29, 0.717) is 5.69 Å². The maximum absolute atomic E-state index is 11.6. The molecule has 0 radical (unpaired) electrons. The molecule has 0 saturated carbocycles. The van der Waals surface area contributed by atoms with Crippen molar-refractivity contribution in [3.63, 3.8) is 0 Å². The summed E-state index contributed by atoms with van der Waals surface area (Å²) in [4.78, 5) is 4.18. The third-order valence-electron chi connectivity index (χ3n) is 2.32. The van der Waals surface area contributed by atoms with E-state index < -0.39 is 10.2 Å². The summed E-state index contributed by atoms with van der Waals surface area (Å²) in [7, 11) is -0.538. The number of aromatic nitrogens is 1. The lowest BCUT2D eigenvalue weighted by atomic mass is 10.2. The Morgan fingerprint density at radius 1 is 1.24 bits per heavy atom. The summed E-state index contributed by atoms with van der Waals surface area (Å²) in [5, 5.41) is 0.895. The van der Waals surface area contributed by atoms with Crippen molar-refractivity contribution < 1.29 is 8.42 Å². The molecule has 0 spiro atoms. The van der Waals surface area contributed by atoms with E-state index in [4.69, 9.17) is 0 Å². The number of nitrogens with zero attached hydrogens (tertiary/aromatic N) is 2. The third kappa shape index (κ3) is 2.54. The zero-order valence-corrected chi connectivity index (χ0v) is 10.4. The predicted octanol–water partition coefficient (Wildman–Crippen LogP) is 1.45. The van der Waals surface area contributed by atoms with Crippen molar-refractivity contribution >= 4 is 26.8 Å². The van der Waals surface area contributed by atoms with Gasteiger partial charge in [0.25, 0.3) is 0 Å². The first-order chi connectivity index (χ1) is 7.99. The lowest BCUT2D eigenvalue weighted by molar-refractivity contribution is 0.527. The van der Waals surface area contributed by atoms with Crippen LogP contribution in [0.4, 0.5) is 5.69 Å². The SMILES string of the molecule is CN(C)S(=O)(=O)Nc1cnc2ccccc2c1. The van der Waals surface area contributed by atoms with Crippen LogP contribution in [0.5, 0.6) is 0 Å². The van der Waals surface area contributed by atoms with Crippen molar-refractivity contribution in [3.05, 3.63) is 36.5 Å². The van der Waals surface area contributed by atoms with Gasteiger partial charge in [0.2, 0.25) is 0 Å². The molecule has 90 valence electrons. The van der Waals surface area contributed by atoms with Gasteiger partial charge < -0.3 is 0 Å². The Morgan fingerprint density at radius 2 is 1.94 bits per heavy atom. The lowest BCUT2D eigenvalue weighted by Crippen LogP contribution is -2.28. The van der Waals surface area contributed by atoms with Crippen molar-refractivity contribution in [2.75, 3.05) is 18.8 Å².